The van der Waals surface area contributed by atoms with Gasteiger partial charge >= 0.3 is 0 Å². The van der Waals surface area contributed by atoms with Crippen LogP contribution in [0.1, 0.15) is 18.2 Å². The van der Waals surface area contributed by atoms with Gasteiger partial charge in [-0.1, -0.05) is 6.07 Å². The van der Waals surface area contributed by atoms with Gasteiger partial charge in [-0.25, -0.2) is 4.39 Å². The molecule has 2 aromatic rings. The number of benzene rings is 1. The molecular formula is C15H18FN3O2. The molecule has 1 amide bonds. The van der Waals surface area contributed by atoms with Crippen molar-refractivity contribution in [2.45, 2.75) is 19.9 Å². The number of H-pyrrole nitrogens is 1. The third-order valence-electron chi connectivity index (χ3n) is 3.07. The molecule has 0 fully saturated rings. The van der Waals surface area contributed by atoms with E-state index in [1.165, 1.54) is 11.0 Å². The number of nitrogens with zero attached hydrogens (tertiary/aromatic N) is 2. The lowest BCUT2D eigenvalue weighted by molar-refractivity contribution is -0.129. The summed E-state index contributed by atoms with van der Waals surface area (Å²) >= 11 is 0. The van der Waals surface area contributed by atoms with Crippen LogP contribution in [0.25, 0.3) is 0 Å². The molecule has 2 rings (SSSR count). The van der Waals surface area contributed by atoms with E-state index in [9.17, 15) is 9.18 Å². The van der Waals surface area contributed by atoms with Gasteiger partial charge in [-0.15, -0.1) is 0 Å². The smallest absolute Gasteiger partial charge is 0.227 e. The van der Waals surface area contributed by atoms with Crippen molar-refractivity contribution in [3.8, 4) is 5.75 Å². The first-order chi connectivity index (χ1) is 10.1. The predicted molar refractivity (Wildman–Crippen MR) is 76.3 cm³/mol. The van der Waals surface area contributed by atoms with Crippen LogP contribution in [0, 0.1) is 5.82 Å². The van der Waals surface area contributed by atoms with E-state index in [1.807, 2.05) is 6.92 Å². The SMILES string of the molecule is CCOc1ccc(CC(=O)N(C)Cc2ccn[nH]2)c(F)c1. The van der Waals surface area contributed by atoms with Crippen LogP contribution in [-0.2, 0) is 17.8 Å². The van der Waals surface area contributed by atoms with Gasteiger partial charge in [0.1, 0.15) is 11.6 Å². The van der Waals surface area contributed by atoms with Gasteiger partial charge in [0.15, 0.2) is 0 Å². The first kappa shape index (κ1) is 15.0. The van der Waals surface area contributed by atoms with E-state index in [-0.39, 0.29) is 12.3 Å². The quantitative estimate of drug-likeness (QED) is 0.887. The molecule has 0 aliphatic rings. The zero-order valence-corrected chi connectivity index (χ0v) is 12.1. The van der Waals surface area contributed by atoms with E-state index < -0.39 is 5.82 Å². The van der Waals surface area contributed by atoms with Crippen molar-refractivity contribution in [3.63, 3.8) is 0 Å². The predicted octanol–water partition coefficient (Wildman–Crippen LogP) is 2.15. The van der Waals surface area contributed by atoms with E-state index >= 15 is 0 Å². The number of ether oxygens (including phenoxy) is 1. The van der Waals surface area contributed by atoms with Gasteiger partial charge in [0.25, 0.3) is 0 Å². The van der Waals surface area contributed by atoms with Gasteiger partial charge in [0.2, 0.25) is 5.91 Å². The molecule has 0 bridgehead atoms. The van der Waals surface area contributed by atoms with E-state index in [4.69, 9.17) is 4.74 Å². The average Bonchev–Trinajstić information content (AvgIpc) is 2.95. The summed E-state index contributed by atoms with van der Waals surface area (Å²) < 4.78 is 19.1. The second-order valence-electron chi connectivity index (χ2n) is 4.69. The number of rotatable bonds is 6. The van der Waals surface area contributed by atoms with Crippen LogP contribution < -0.4 is 4.74 Å². The lowest BCUT2D eigenvalue weighted by Gasteiger charge is -2.16. The summed E-state index contributed by atoms with van der Waals surface area (Å²) in [6.45, 7) is 2.72. The Morgan fingerprint density at radius 2 is 2.24 bits per heavy atom. The van der Waals surface area contributed by atoms with Gasteiger partial charge in [-0.05, 0) is 24.6 Å². The molecule has 0 aliphatic heterocycles. The summed E-state index contributed by atoms with van der Waals surface area (Å²) in [6, 6.07) is 6.36. The maximum absolute atomic E-state index is 13.9. The normalized spacial score (nSPS) is 10.4. The molecule has 0 unspecified atom stereocenters. The highest BCUT2D eigenvalue weighted by molar-refractivity contribution is 5.78. The molecule has 0 spiro atoms. The monoisotopic (exact) mass is 291 g/mol. The number of carbonyl (C=O) groups excluding carboxylic acids is 1. The molecular weight excluding hydrogens is 273 g/mol. The summed E-state index contributed by atoms with van der Waals surface area (Å²) in [5.41, 5.74) is 1.19. The Hall–Kier alpha value is -2.37. The summed E-state index contributed by atoms with van der Waals surface area (Å²) in [5, 5.41) is 6.61. The van der Waals surface area contributed by atoms with Crippen LogP contribution >= 0.6 is 0 Å². The highest BCUT2D eigenvalue weighted by atomic mass is 19.1. The summed E-state index contributed by atoms with van der Waals surface area (Å²) in [5.74, 6) is -0.117. The third kappa shape index (κ3) is 4.05. The number of aromatic amines is 1. The van der Waals surface area contributed by atoms with E-state index in [2.05, 4.69) is 10.2 Å². The molecule has 5 nitrogen and oxygen atoms in total. The van der Waals surface area contributed by atoms with Crippen LogP contribution in [0.5, 0.6) is 5.75 Å². The van der Waals surface area contributed by atoms with Crippen LogP contribution in [0.15, 0.2) is 30.5 Å². The number of likely N-dealkylation sites (N-methyl/N-ethyl adjacent to an activating group) is 1. The van der Waals surface area contributed by atoms with E-state index in [0.717, 1.165) is 5.69 Å². The third-order valence-corrected chi connectivity index (χ3v) is 3.07. The molecule has 0 atom stereocenters. The van der Waals surface area contributed by atoms with Crippen molar-refractivity contribution in [1.82, 2.24) is 15.1 Å². The highest BCUT2D eigenvalue weighted by Crippen LogP contribution is 2.17. The fourth-order valence-corrected chi connectivity index (χ4v) is 1.94. The molecule has 21 heavy (non-hydrogen) atoms. The minimum absolute atomic E-state index is 0.0167. The lowest BCUT2D eigenvalue weighted by Crippen LogP contribution is -2.28. The second kappa shape index (κ2) is 6.88. The topological polar surface area (TPSA) is 58.2 Å². The van der Waals surface area contributed by atoms with Crippen LogP contribution in [-0.4, -0.2) is 34.7 Å². The number of hydrogen-bond acceptors (Lipinski definition) is 3. The molecule has 6 heteroatoms. The van der Waals surface area contributed by atoms with Crippen molar-refractivity contribution >= 4 is 5.91 Å². The van der Waals surface area contributed by atoms with Crippen molar-refractivity contribution in [3.05, 3.63) is 47.5 Å². The molecule has 1 heterocycles. The highest BCUT2D eigenvalue weighted by Gasteiger charge is 2.14. The van der Waals surface area contributed by atoms with Gasteiger partial charge in [0, 0.05) is 19.3 Å². The molecule has 1 aromatic heterocycles. The minimum atomic E-state index is -0.427. The second-order valence-corrected chi connectivity index (χ2v) is 4.69. The number of carbonyl (C=O) groups is 1. The van der Waals surface area contributed by atoms with Crippen molar-refractivity contribution in [2.75, 3.05) is 13.7 Å². The standard InChI is InChI=1S/C15H18FN3O2/c1-3-21-13-5-4-11(14(16)9-13)8-15(20)19(2)10-12-6-7-17-18-12/h4-7,9H,3,8,10H2,1-2H3,(H,17,18). The van der Waals surface area contributed by atoms with E-state index in [0.29, 0.717) is 24.5 Å². The van der Waals surface area contributed by atoms with Crippen molar-refractivity contribution in [1.29, 1.82) is 0 Å². The minimum Gasteiger partial charge on any atom is -0.494 e. The maximum Gasteiger partial charge on any atom is 0.227 e. The molecule has 0 aliphatic carbocycles. The maximum atomic E-state index is 13.9. The molecule has 112 valence electrons. The van der Waals surface area contributed by atoms with Crippen LogP contribution in [0.2, 0.25) is 0 Å². The van der Waals surface area contributed by atoms with E-state index in [1.54, 1.807) is 31.4 Å². The van der Waals surface area contributed by atoms with Gasteiger partial charge in [-0.3, -0.25) is 9.89 Å². The van der Waals surface area contributed by atoms with Crippen molar-refractivity contribution in [2.24, 2.45) is 0 Å². The zero-order chi connectivity index (χ0) is 15.2. The van der Waals surface area contributed by atoms with Crippen LogP contribution in [0.3, 0.4) is 0 Å². The Labute approximate surface area is 122 Å². The molecule has 1 aromatic carbocycles. The van der Waals surface area contributed by atoms with Gasteiger partial charge < -0.3 is 9.64 Å². The number of aromatic nitrogens is 2. The first-order valence-corrected chi connectivity index (χ1v) is 6.73. The Morgan fingerprint density at radius 3 is 2.86 bits per heavy atom. The number of halogens is 1. The Balaban J connectivity index is 1.98. The fraction of sp³-hybridized carbons (Fsp3) is 0.333. The molecule has 1 N–H and O–H groups in total. The van der Waals surface area contributed by atoms with Gasteiger partial charge in [-0.2, -0.15) is 5.10 Å². The Bertz CT molecular complexity index is 599. The Morgan fingerprint density at radius 1 is 1.43 bits per heavy atom. The van der Waals surface area contributed by atoms with Crippen molar-refractivity contribution < 1.29 is 13.9 Å². The molecule has 0 saturated carbocycles. The fourth-order valence-electron chi connectivity index (χ4n) is 1.94. The Kier molecular flexibility index (Phi) is 4.92. The summed E-state index contributed by atoms with van der Waals surface area (Å²) in [6.07, 6.45) is 1.64. The number of nitrogens with one attached hydrogen (secondary N) is 1. The number of hydrogen-bond donors (Lipinski definition) is 1. The van der Waals surface area contributed by atoms with Crippen LogP contribution in [0.4, 0.5) is 4.39 Å². The zero-order valence-electron chi connectivity index (χ0n) is 12.1. The summed E-state index contributed by atoms with van der Waals surface area (Å²) in [7, 11) is 1.68. The molecule has 0 saturated heterocycles. The lowest BCUT2D eigenvalue weighted by atomic mass is 10.1. The largest absolute Gasteiger partial charge is 0.494 e. The average molecular weight is 291 g/mol. The van der Waals surface area contributed by atoms with Gasteiger partial charge in [0.05, 0.1) is 25.3 Å². The summed E-state index contributed by atoms with van der Waals surface area (Å²) in [4.78, 5) is 13.6. The molecule has 0 radical (unpaired) electrons. The number of amides is 1. The first-order valence-electron chi connectivity index (χ1n) is 6.73.